The van der Waals surface area contributed by atoms with Crippen molar-refractivity contribution in [3.63, 3.8) is 0 Å². The standard InChI is InChI=1S/C17H22N2O4S/c1-12-4-2-3-5-13(12)9-18-17(21)14-8-16(20)19(10-14)15-6-7-24(22,23)11-15/h2-5,14-15H,6-11H2,1H3,(H,18,21). The molecule has 7 heteroatoms. The molecule has 2 unspecified atom stereocenters. The van der Waals surface area contributed by atoms with Gasteiger partial charge in [0, 0.05) is 25.6 Å². The summed E-state index contributed by atoms with van der Waals surface area (Å²) in [5, 5.41) is 2.89. The molecule has 130 valence electrons. The third-order valence-electron chi connectivity index (χ3n) is 4.89. The normalized spacial score (nSPS) is 25.9. The van der Waals surface area contributed by atoms with Crippen molar-refractivity contribution in [2.24, 2.45) is 5.92 Å². The van der Waals surface area contributed by atoms with Crippen molar-refractivity contribution >= 4 is 21.7 Å². The lowest BCUT2D eigenvalue weighted by atomic mass is 10.1. The third kappa shape index (κ3) is 3.61. The smallest absolute Gasteiger partial charge is 0.225 e. The van der Waals surface area contributed by atoms with E-state index in [0.29, 0.717) is 19.5 Å². The molecule has 24 heavy (non-hydrogen) atoms. The van der Waals surface area contributed by atoms with Crippen LogP contribution in [0.15, 0.2) is 24.3 Å². The zero-order valence-electron chi connectivity index (χ0n) is 13.7. The maximum absolute atomic E-state index is 12.4. The van der Waals surface area contributed by atoms with Crippen LogP contribution in [-0.4, -0.2) is 49.2 Å². The summed E-state index contributed by atoms with van der Waals surface area (Å²) in [4.78, 5) is 26.1. The molecule has 3 rings (SSSR count). The van der Waals surface area contributed by atoms with E-state index in [-0.39, 0.29) is 35.8 Å². The van der Waals surface area contributed by atoms with Crippen LogP contribution in [0.3, 0.4) is 0 Å². The van der Waals surface area contributed by atoms with E-state index >= 15 is 0 Å². The Morgan fingerprint density at radius 3 is 2.75 bits per heavy atom. The molecule has 2 heterocycles. The number of rotatable bonds is 4. The van der Waals surface area contributed by atoms with E-state index in [1.165, 1.54) is 0 Å². The van der Waals surface area contributed by atoms with Crippen LogP contribution in [0.25, 0.3) is 0 Å². The molecule has 2 aliphatic heterocycles. The van der Waals surface area contributed by atoms with Gasteiger partial charge < -0.3 is 10.2 Å². The Morgan fingerprint density at radius 1 is 1.33 bits per heavy atom. The molecule has 0 spiro atoms. The van der Waals surface area contributed by atoms with Gasteiger partial charge >= 0.3 is 0 Å². The lowest BCUT2D eigenvalue weighted by Gasteiger charge is -2.23. The summed E-state index contributed by atoms with van der Waals surface area (Å²) >= 11 is 0. The van der Waals surface area contributed by atoms with Crippen LogP contribution in [0.5, 0.6) is 0 Å². The first-order chi connectivity index (χ1) is 11.4. The molecule has 2 amide bonds. The minimum atomic E-state index is -3.04. The summed E-state index contributed by atoms with van der Waals surface area (Å²) in [7, 11) is -3.04. The highest BCUT2D eigenvalue weighted by Crippen LogP contribution is 2.26. The first-order valence-electron chi connectivity index (χ1n) is 8.18. The molecular weight excluding hydrogens is 328 g/mol. The van der Waals surface area contributed by atoms with Gasteiger partial charge in [0.15, 0.2) is 9.84 Å². The largest absolute Gasteiger partial charge is 0.352 e. The zero-order valence-corrected chi connectivity index (χ0v) is 14.5. The molecule has 0 saturated carbocycles. The Morgan fingerprint density at radius 2 is 2.08 bits per heavy atom. The minimum Gasteiger partial charge on any atom is -0.352 e. The molecule has 0 aliphatic carbocycles. The number of nitrogens with one attached hydrogen (secondary N) is 1. The Kier molecular flexibility index (Phi) is 4.62. The molecule has 0 bridgehead atoms. The van der Waals surface area contributed by atoms with Crippen LogP contribution < -0.4 is 5.32 Å². The maximum Gasteiger partial charge on any atom is 0.225 e. The van der Waals surface area contributed by atoms with E-state index in [2.05, 4.69) is 5.32 Å². The van der Waals surface area contributed by atoms with E-state index in [0.717, 1.165) is 11.1 Å². The van der Waals surface area contributed by atoms with E-state index in [1.807, 2.05) is 31.2 Å². The third-order valence-corrected chi connectivity index (χ3v) is 6.64. The van der Waals surface area contributed by atoms with E-state index < -0.39 is 15.8 Å². The summed E-state index contributed by atoms with van der Waals surface area (Å²) in [5.41, 5.74) is 2.16. The minimum absolute atomic E-state index is 0.0241. The topological polar surface area (TPSA) is 83.6 Å². The highest BCUT2D eigenvalue weighted by molar-refractivity contribution is 7.91. The van der Waals surface area contributed by atoms with E-state index in [1.54, 1.807) is 4.90 Å². The summed E-state index contributed by atoms with van der Waals surface area (Å²) in [6, 6.07) is 7.56. The summed E-state index contributed by atoms with van der Waals surface area (Å²) in [6.45, 7) is 2.75. The number of amides is 2. The molecule has 2 fully saturated rings. The van der Waals surface area contributed by atoms with Crippen molar-refractivity contribution in [2.75, 3.05) is 18.1 Å². The van der Waals surface area contributed by atoms with Gasteiger partial charge in [-0.05, 0) is 24.5 Å². The molecule has 1 N–H and O–H groups in total. The van der Waals surface area contributed by atoms with Crippen LogP contribution in [0.1, 0.15) is 24.0 Å². The van der Waals surface area contributed by atoms with Gasteiger partial charge in [-0.2, -0.15) is 0 Å². The lowest BCUT2D eigenvalue weighted by Crippen LogP contribution is -2.39. The van der Waals surface area contributed by atoms with Gasteiger partial charge in [-0.15, -0.1) is 0 Å². The quantitative estimate of drug-likeness (QED) is 0.864. The molecule has 2 aliphatic rings. The second-order valence-corrected chi connectivity index (χ2v) is 8.88. The Hall–Kier alpha value is -1.89. The average Bonchev–Trinajstić information content (AvgIpc) is 3.08. The molecule has 1 aromatic carbocycles. The first-order valence-corrected chi connectivity index (χ1v) is 10.00. The molecule has 1 aromatic rings. The first kappa shape index (κ1) is 17.0. The maximum atomic E-state index is 12.4. The van der Waals surface area contributed by atoms with Gasteiger partial charge in [0.2, 0.25) is 11.8 Å². The summed E-state index contributed by atoms with van der Waals surface area (Å²) in [5.74, 6) is -0.505. The van der Waals surface area contributed by atoms with Crippen LogP contribution in [0.2, 0.25) is 0 Å². The van der Waals surface area contributed by atoms with Gasteiger partial charge in [-0.25, -0.2) is 8.42 Å². The molecule has 0 aromatic heterocycles. The predicted molar refractivity (Wildman–Crippen MR) is 89.9 cm³/mol. The van der Waals surface area contributed by atoms with Gasteiger partial charge in [0.05, 0.1) is 17.4 Å². The van der Waals surface area contributed by atoms with E-state index in [9.17, 15) is 18.0 Å². The SMILES string of the molecule is Cc1ccccc1CNC(=O)C1CC(=O)N(C2CCS(=O)(=O)C2)C1. The number of nitrogens with zero attached hydrogens (tertiary/aromatic N) is 1. The van der Waals surface area contributed by atoms with Gasteiger partial charge in [-0.1, -0.05) is 24.3 Å². The lowest BCUT2D eigenvalue weighted by molar-refractivity contribution is -0.130. The Bertz CT molecular complexity index is 760. The van der Waals surface area contributed by atoms with Crippen molar-refractivity contribution in [2.45, 2.75) is 32.4 Å². The zero-order chi connectivity index (χ0) is 17.3. The number of carbonyl (C=O) groups excluding carboxylic acids is 2. The van der Waals surface area contributed by atoms with Crippen LogP contribution in [0, 0.1) is 12.8 Å². The Labute approximate surface area is 142 Å². The molecule has 2 atom stereocenters. The van der Waals surface area contributed by atoms with Gasteiger partial charge in [0.1, 0.15) is 0 Å². The van der Waals surface area contributed by atoms with Crippen LogP contribution in [0.4, 0.5) is 0 Å². The summed E-state index contributed by atoms with van der Waals surface area (Å²) in [6.07, 6.45) is 0.641. The number of likely N-dealkylation sites (tertiary alicyclic amines) is 1. The highest BCUT2D eigenvalue weighted by Gasteiger charge is 2.41. The average molecular weight is 350 g/mol. The molecular formula is C17H22N2O4S. The van der Waals surface area contributed by atoms with Crippen molar-refractivity contribution < 1.29 is 18.0 Å². The number of aryl methyl sites for hydroxylation is 1. The van der Waals surface area contributed by atoms with Crippen molar-refractivity contribution in [1.82, 2.24) is 10.2 Å². The highest BCUT2D eigenvalue weighted by atomic mass is 32.2. The number of sulfone groups is 1. The predicted octanol–water partition coefficient (Wildman–Crippen LogP) is 0.647. The Balaban J connectivity index is 1.57. The van der Waals surface area contributed by atoms with Crippen molar-refractivity contribution in [1.29, 1.82) is 0 Å². The second-order valence-electron chi connectivity index (χ2n) is 6.65. The van der Waals surface area contributed by atoms with Gasteiger partial charge in [-0.3, -0.25) is 9.59 Å². The fraction of sp³-hybridized carbons (Fsp3) is 0.529. The van der Waals surface area contributed by atoms with E-state index in [4.69, 9.17) is 0 Å². The van der Waals surface area contributed by atoms with Crippen LogP contribution >= 0.6 is 0 Å². The fourth-order valence-electron chi connectivity index (χ4n) is 3.42. The number of carbonyl (C=O) groups is 2. The van der Waals surface area contributed by atoms with Gasteiger partial charge in [0.25, 0.3) is 0 Å². The number of hydrogen-bond donors (Lipinski definition) is 1. The van der Waals surface area contributed by atoms with Crippen molar-refractivity contribution in [3.05, 3.63) is 35.4 Å². The van der Waals surface area contributed by atoms with Crippen molar-refractivity contribution in [3.8, 4) is 0 Å². The molecule has 2 saturated heterocycles. The molecule has 6 nitrogen and oxygen atoms in total. The monoisotopic (exact) mass is 350 g/mol. The van der Waals surface area contributed by atoms with Crippen LogP contribution in [-0.2, 0) is 26.0 Å². The number of benzene rings is 1. The number of hydrogen-bond acceptors (Lipinski definition) is 4. The molecule has 0 radical (unpaired) electrons. The second kappa shape index (κ2) is 6.55. The summed E-state index contributed by atoms with van der Waals surface area (Å²) < 4.78 is 23.2. The fourth-order valence-corrected chi connectivity index (χ4v) is 5.15.